The van der Waals surface area contributed by atoms with E-state index in [1.54, 1.807) is 11.1 Å². The number of hydrogen-bond donors (Lipinski definition) is 1. The van der Waals surface area contributed by atoms with E-state index in [1.165, 1.54) is 12.3 Å². The highest BCUT2D eigenvalue weighted by molar-refractivity contribution is 5.97. The van der Waals surface area contributed by atoms with Gasteiger partial charge >= 0.3 is 0 Å². The number of nitrogens with one attached hydrogen (secondary N) is 1. The van der Waals surface area contributed by atoms with E-state index < -0.39 is 0 Å². The molecule has 0 aliphatic carbocycles. The molecule has 0 aromatic carbocycles. The number of aromatic nitrogens is 1. The lowest BCUT2D eigenvalue weighted by Crippen LogP contribution is -2.23. The maximum absolute atomic E-state index is 12.8. The largest absolute Gasteiger partial charge is 0.329 e. The maximum atomic E-state index is 12.8. The fourth-order valence-electron chi connectivity index (χ4n) is 1.51. The number of pyridine rings is 1. The van der Waals surface area contributed by atoms with Gasteiger partial charge < -0.3 is 4.90 Å². The minimum atomic E-state index is -0.350. The molecule has 1 saturated heterocycles. The molecule has 1 N–H and O–H groups in total. The molecule has 0 amide bonds. The highest BCUT2D eigenvalue weighted by atomic mass is 19.1. The van der Waals surface area contributed by atoms with E-state index in [4.69, 9.17) is 5.41 Å². The van der Waals surface area contributed by atoms with Crippen LogP contribution in [0.5, 0.6) is 0 Å². The van der Waals surface area contributed by atoms with Crippen LogP contribution >= 0.6 is 0 Å². The normalized spacial score (nSPS) is 16.7. The maximum Gasteiger partial charge on any atom is 0.143 e. The Balaban J connectivity index is 2.29. The smallest absolute Gasteiger partial charge is 0.143 e. The second kappa shape index (κ2) is 3.12. The Morgan fingerprint density at radius 3 is 2.92 bits per heavy atom. The summed E-state index contributed by atoms with van der Waals surface area (Å²) in [6, 6.07) is 1.41. The summed E-state index contributed by atoms with van der Waals surface area (Å²) >= 11 is 0. The number of halogens is 1. The van der Waals surface area contributed by atoms with Crippen LogP contribution in [0.4, 0.5) is 10.1 Å². The van der Waals surface area contributed by atoms with Gasteiger partial charge in [-0.1, -0.05) is 0 Å². The van der Waals surface area contributed by atoms with Gasteiger partial charge in [0, 0.05) is 19.0 Å². The second-order valence-corrected chi connectivity index (χ2v) is 3.06. The molecule has 1 aliphatic heterocycles. The quantitative estimate of drug-likeness (QED) is 0.714. The topological polar surface area (TPSA) is 40.0 Å². The molecule has 0 saturated carbocycles. The van der Waals surface area contributed by atoms with Crippen LogP contribution in [0.15, 0.2) is 18.5 Å². The number of rotatable bonds is 1. The molecule has 13 heavy (non-hydrogen) atoms. The summed E-state index contributed by atoms with van der Waals surface area (Å²) in [5.74, 6) is 0.199. The first-order valence-electron chi connectivity index (χ1n) is 4.23. The molecule has 2 rings (SSSR count). The van der Waals surface area contributed by atoms with E-state index in [0.29, 0.717) is 11.5 Å². The highest BCUT2D eigenvalue weighted by Crippen LogP contribution is 2.20. The molecule has 0 radical (unpaired) electrons. The summed E-state index contributed by atoms with van der Waals surface area (Å²) in [4.78, 5) is 5.54. The first-order chi connectivity index (χ1) is 6.27. The zero-order valence-corrected chi connectivity index (χ0v) is 7.13. The SMILES string of the molecule is N=C1CCCN1c1cncc(F)c1. The molecular formula is C9H10FN3. The minimum absolute atomic E-state index is 0.350. The van der Waals surface area contributed by atoms with E-state index in [2.05, 4.69) is 4.98 Å². The van der Waals surface area contributed by atoms with Crippen LogP contribution in [-0.4, -0.2) is 17.4 Å². The van der Waals surface area contributed by atoms with Crippen molar-refractivity contribution in [2.75, 3.05) is 11.4 Å². The first-order valence-corrected chi connectivity index (χ1v) is 4.23. The second-order valence-electron chi connectivity index (χ2n) is 3.06. The lowest BCUT2D eigenvalue weighted by atomic mass is 10.3. The van der Waals surface area contributed by atoms with Crippen molar-refractivity contribution in [1.29, 1.82) is 5.41 Å². The molecule has 3 nitrogen and oxygen atoms in total. The Labute approximate surface area is 75.7 Å². The third-order valence-corrected chi connectivity index (χ3v) is 2.12. The van der Waals surface area contributed by atoms with Crippen molar-refractivity contribution in [3.05, 3.63) is 24.3 Å². The highest BCUT2D eigenvalue weighted by Gasteiger charge is 2.18. The fourth-order valence-corrected chi connectivity index (χ4v) is 1.51. The Kier molecular flexibility index (Phi) is 1.96. The van der Waals surface area contributed by atoms with Gasteiger partial charge in [0.15, 0.2) is 0 Å². The summed E-state index contributed by atoms with van der Waals surface area (Å²) in [6.07, 6.45) is 4.50. The van der Waals surface area contributed by atoms with Crippen molar-refractivity contribution in [2.24, 2.45) is 0 Å². The van der Waals surface area contributed by atoms with E-state index in [0.717, 1.165) is 19.4 Å². The predicted octanol–water partition coefficient (Wildman–Crippen LogP) is 1.80. The third-order valence-electron chi connectivity index (χ3n) is 2.12. The van der Waals surface area contributed by atoms with E-state index >= 15 is 0 Å². The van der Waals surface area contributed by atoms with Gasteiger partial charge in [0.05, 0.1) is 18.1 Å². The summed E-state index contributed by atoms with van der Waals surface area (Å²) in [7, 11) is 0. The van der Waals surface area contributed by atoms with Gasteiger partial charge in [-0.3, -0.25) is 10.4 Å². The van der Waals surface area contributed by atoms with Gasteiger partial charge in [0.25, 0.3) is 0 Å². The van der Waals surface area contributed by atoms with Crippen LogP contribution in [0.25, 0.3) is 0 Å². The van der Waals surface area contributed by atoms with Gasteiger partial charge in [-0.05, 0) is 6.42 Å². The van der Waals surface area contributed by atoms with Crippen molar-refractivity contribution in [3.63, 3.8) is 0 Å². The predicted molar refractivity (Wildman–Crippen MR) is 48.5 cm³/mol. The summed E-state index contributed by atoms with van der Waals surface area (Å²) in [6.45, 7) is 0.796. The van der Waals surface area contributed by atoms with Gasteiger partial charge in [-0.25, -0.2) is 4.39 Å². The van der Waals surface area contributed by atoms with Gasteiger partial charge in [-0.2, -0.15) is 0 Å². The van der Waals surface area contributed by atoms with E-state index in [1.807, 2.05) is 0 Å². The summed E-state index contributed by atoms with van der Waals surface area (Å²) < 4.78 is 12.8. The Bertz CT molecular complexity index is 337. The average molecular weight is 179 g/mol. The molecule has 0 spiro atoms. The number of amidine groups is 1. The zero-order chi connectivity index (χ0) is 9.26. The molecule has 2 heterocycles. The van der Waals surface area contributed by atoms with Crippen LogP contribution in [-0.2, 0) is 0 Å². The molecule has 68 valence electrons. The molecule has 1 aliphatic rings. The van der Waals surface area contributed by atoms with Crippen molar-refractivity contribution < 1.29 is 4.39 Å². The van der Waals surface area contributed by atoms with Crippen molar-refractivity contribution >= 4 is 11.5 Å². The van der Waals surface area contributed by atoms with Crippen LogP contribution in [0, 0.1) is 11.2 Å². The number of nitrogens with zero attached hydrogens (tertiary/aromatic N) is 2. The molecule has 0 atom stereocenters. The van der Waals surface area contributed by atoms with Crippen LogP contribution < -0.4 is 4.90 Å². The van der Waals surface area contributed by atoms with Crippen LogP contribution in [0.3, 0.4) is 0 Å². The van der Waals surface area contributed by atoms with Crippen molar-refractivity contribution in [2.45, 2.75) is 12.8 Å². The van der Waals surface area contributed by atoms with Gasteiger partial charge in [-0.15, -0.1) is 0 Å². The van der Waals surface area contributed by atoms with Crippen molar-refractivity contribution in [1.82, 2.24) is 4.98 Å². The third kappa shape index (κ3) is 1.52. The molecular weight excluding hydrogens is 169 g/mol. The molecule has 0 bridgehead atoms. The molecule has 1 aromatic heterocycles. The minimum Gasteiger partial charge on any atom is -0.329 e. The summed E-state index contributed by atoms with van der Waals surface area (Å²) in [5, 5.41) is 7.59. The Morgan fingerprint density at radius 1 is 1.46 bits per heavy atom. The molecule has 1 fully saturated rings. The number of hydrogen-bond acceptors (Lipinski definition) is 2. The first kappa shape index (κ1) is 8.16. The Hall–Kier alpha value is -1.45. The van der Waals surface area contributed by atoms with E-state index in [9.17, 15) is 4.39 Å². The summed E-state index contributed by atoms with van der Waals surface area (Å²) in [5.41, 5.74) is 0.683. The van der Waals surface area contributed by atoms with Gasteiger partial charge in [0.2, 0.25) is 0 Å². The molecule has 0 unspecified atom stereocenters. The fraction of sp³-hybridized carbons (Fsp3) is 0.333. The lowest BCUT2D eigenvalue weighted by molar-refractivity contribution is 0.621. The average Bonchev–Trinajstić information content (AvgIpc) is 2.51. The molecule has 4 heteroatoms. The van der Waals surface area contributed by atoms with E-state index in [-0.39, 0.29) is 5.82 Å². The monoisotopic (exact) mass is 179 g/mol. The standard InChI is InChI=1S/C9H10FN3/c10-7-4-8(6-12-5-7)13-3-1-2-9(13)11/h4-6,11H,1-3H2. The lowest BCUT2D eigenvalue weighted by Gasteiger charge is -2.16. The van der Waals surface area contributed by atoms with Crippen molar-refractivity contribution in [3.8, 4) is 0 Å². The van der Waals surface area contributed by atoms with Gasteiger partial charge in [0.1, 0.15) is 11.7 Å². The Morgan fingerprint density at radius 2 is 2.31 bits per heavy atom. The van der Waals surface area contributed by atoms with Crippen LogP contribution in [0.1, 0.15) is 12.8 Å². The van der Waals surface area contributed by atoms with Crippen LogP contribution in [0.2, 0.25) is 0 Å². The number of anilines is 1. The molecule has 1 aromatic rings. The zero-order valence-electron chi connectivity index (χ0n) is 7.13.